The molecule has 0 saturated heterocycles. The highest BCUT2D eigenvalue weighted by atomic mass is 28.3. The van der Waals surface area contributed by atoms with E-state index >= 15 is 0 Å². The molecule has 1 rings (SSSR count). The van der Waals surface area contributed by atoms with Crippen molar-refractivity contribution in [3.63, 3.8) is 0 Å². The molecule has 0 radical (unpaired) electrons. The van der Waals surface area contributed by atoms with Crippen molar-refractivity contribution >= 4 is 14.9 Å². The first-order valence-electron chi connectivity index (χ1n) is 4.56. The zero-order chi connectivity index (χ0) is 8.81. The van der Waals surface area contributed by atoms with Crippen LogP contribution in [-0.4, -0.2) is 8.80 Å². The molecule has 0 fully saturated rings. The minimum Gasteiger partial charge on any atom is -0.0973 e. The van der Waals surface area contributed by atoms with Crippen LogP contribution in [0, 0.1) is 0 Å². The lowest BCUT2D eigenvalue weighted by Crippen LogP contribution is -1.98. The van der Waals surface area contributed by atoms with Crippen molar-refractivity contribution in [3.8, 4) is 0 Å². The fourth-order valence-corrected chi connectivity index (χ4v) is 1.80. The molecule has 0 amide bonds. The maximum atomic E-state index is 2.40. The van der Waals surface area contributed by atoms with Crippen molar-refractivity contribution in [2.75, 3.05) is 0 Å². The molecule has 0 bridgehead atoms. The zero-order valence-corrected chi connectivity index (χ0v) is 8.98. The molecule has 1 aromatic carbocycles. The quantitative estimate of drug-likeness (QED) is 0.621. The highest BCUT2D eigenvalue weighted by molar-refractivity contribution is 6.63. The first kappa shape index (κ1) is 9.27. The van der Waals surface area contributed by atoms with Gasteiger partial charge in [0.05, 0.1) is 8.80 Å². The summed E-state index contributed by atoms with van der Waals surface area (Å²) in [5.74, 6) is 0. The van der Waals surface area contributed by atoms with E-state index in [9.17, 15) is 0 Å². The predicted octanol–water partition coefficient (Wildman–Crippen LogP) is 3.12. The summed E-state index contributed by atoms with van der Waals surface area (Å²) in [6.45, 7) is 4.64. The van der Waals surface area contributed by atoms with Gasteiger partial charge in [-0.05, 0) is 5.56 Å². The Morgan fingerprint density at radius 1 is 1.25 bits per heavy atom. The highest BCUT2D eigenvalue weighted by Crippen LogP contribution is 2.02. The van der Waals surface area contributed by atoms with Gasteiger partial charge in [-0.2, -0.15) is 0 Å². The van der Waals surface area contributed by atoms with Crippen LogP contribution in [-0.2, 0) is 0 Å². The van der Waals surface area contributed by atoms with Crippen LogP contribution in [0.3, 0.4) is 0 Å². The molecule has 1 atom stereocenters. The van der Waals surface area contributed by atoms with Gasteiger partial charge in [0.2, 0.25) is 0 Å². The van der Waals surface area contributed by atoms with Gasteiger partial charge >= 0.3 is 0 Å². The molecule has 0 aliphatic carbocycles. The third-order valence-electron chi connectivity index (χ3n) is 2.06. The number of benzene rings is 1. The summed E-state index contributed by atoms with van der Waals surface area (Å²) < 4.78 is 0. The number of hydrogen-bond acceptors (Lipinski definition) is 0. The minimum absolute atomic E-state index is 0.532. The molecule has 0 aliphatic heterocycles. The summed E-state index contributed by atoms with van der Waals surface area (Å²) in [6.07, 6.45) is 2.25. The lowest BCUT2D eigenvalue weighted by molar-refractivity contribution is 1.43. The van der Waals surface area contributed by atoms with E-state index in [1.54, 1.807) is 0 Å². The van der Waals surface area contributed by atoms with Crippen molar-refractivity contribution in [1.82, 2.24) is 0 Å². The second-order valence-corrected chi connectivity index (χ2v) is 6.31. The van der Waals surface area contributed by atoms with E-state index in [0.29, 0.717) is 0 Å². The van der Waals surface area contributed by atoms with Crippen LogP contribution in [0.4, 0.5) is 0 Å². The number of rotatable bonds is 3. The maximum Gasteiger partial charge on any atom is 0.0582 e. The zero-order valence-electron chi connectivity index (χ0n) is 7.83. The standard InChI is InChI=1S/C11H16Si/c1-3-12(2)10-9-11-7-5-4-6-8-11/h4-10,12H,3H2,1-2H3. The largest absolute Gasteiger partial charge is 0.0973 e. The first-order valence-corrected chi connectivity index (χ1v) is 7.20. The Morgan fingerprint density at radius 2 is 1.92 bits per heavy atom. The van der Waals surface area contributed by atoms with Crippen LogP contribution >= 0.6 is 0 Å². The fraction of sp³-hybridized carbons (Fsp3) is 0.273. The second-order valence-electron chi connectivity index (χ2n) is 3.16. The summed E-state index contributed by atoms with van der Waals surface area (Å²) in [5.41, 5.74) is 3.72. The van der Waals surface area contributed by atoms with Crippen LogP contribution in [0.1, 0.15) is 12.5 Å². The Morgan fingerprint density at radius 3 is 2.50 bits per heavy atom. The third-order valence-corrected chi connectivity index (χ3v) is 4.20. The SMILES string of the molecule is CC[SiH](C)C=Cc1ccccc1. The summed E-state index contributed by atoms with van der Waals surface area (Å²) >= 11 is 0. The van der Waals surface area contributed by atoms with Crippen molar-refractivity contribution in [3.05, 3.63) is 41.6 Å². The monoisotopic (exact) mass is 176 g/mol. The van der Waals surface area contributed by atoms with E-state index in [2.05, 4.69) is 55.6 Å². The van der Waals surface area contributed by atoms with Crippen LogP contribution < -0.4 is 0 Å². The van der Waals surface area contributed by atoms with Crippen LogP contribution in [0.2, 0.25) is 12.6 Å². The molecule has 0 heterocycles. The van der Waals surface area contributed by atoms with E-state index in [1.807, 2.05) is 0 Å². The Labute approximate surface area is 76.5 Å². The first-order chi connectivity index (χ1) is 5.83. The minimum atomic E-state index is -0.532. The second kappa shape index (κ2) is 4.94. The molecular weight excluding hydrogens is 160 g/mol. The van der Waals surface area contributed by atoms with Crippen LogP contribution in [0.25, 0.3) is 6.08 Å². The predicted molar refractivity (Wildman–Crippen MR) is 59.0 cm³/mol. The molecule has 0 aliphatic rings. The van der Waals surface area contributed by atoms with E-state index in [1.165, 1.54) is 11.6 Å². The molecule has 0 saturated carbocycles. The topological polar surface area (TPSA) is 0 Å². The average Bonchev–Trinajstić information content (AvgIpc) is 2.16. The highest BCUT2D eigenvalue weighted by Gasteiger charge is 1.92. The Balaban J connectivity index is 2.58. The molecule has 0 spiro atoms. The van der Waals surface area contributed by atoms with Gasteiger partial charge in [-0.3, -0.25) is 0 Å². The van der Waals surface area contributed by atoms with Crippen molar-refractivity contribution in [2.24, 2.45) is 0 Å². The van der Waals surface area contributed by atoms with Gasteiger partial charge in [-0.1, -0.05) is 61.6 Å². The molecule has 0 N–H and O–H groups in total. The molecule has 1 unspecified atom stereocenters. The lowest BCUT2D eigenvalue weighted by atomic mass is 10.2. The van der Waals surface area contributed by atoms with Gasteiger partial charge in [0.25, 0.3) is 0 Å². The molecule has 1 aromatic rings. The van der Waals surface area contributed by atoms with Gasteiger partial charge in [0, 0.05) is 0 Å². The van der Waals surface area contributed by atoms with Gasteiger partial charge in [0.15, 0.2) is 0 Å². The van der Waals surface area contributed by atoms with Crippen molar-refractivity contribution in [2.45, 2.75) is 19.5 Å². The van der Waals surface area contributed by atoms with Crippen molar-refractivity contribution < 1.29 is 0 Å². The van der Waals surface area contributed by atoms with E-state index in [0.717, 1.165) is 0 Å². The van der Waals surface area contributed by atoms with Gasteiger partial charge in [-0.15, -0.1) is 0 Å². The molecule has 12 heavy (non-hydrogen) atoms. The maximum absolute atomic E-state index is 2.40. The lowest BCUT2D eigenvalue weighted by Gasteiger charge is -1.97. The molecule has 1 heteroatoms. The smallest absolute Gasteiger partial charge is 0.0582 e. The Bertz CT molecular complexity index is 238. The summed E-state index contributed by atoms with van der Waals surface area (Å²) in [7, 11) is -0.532. The molecule has 0 nitrogen and oxygen atoms in total. The van der Waals surface area contributed by atoms with Gasteiger partial charge in [0.1, 0.15) is 0 Å². The molecule has 0 aromatic heterocycles. The normalized spacial score (nSPS) is 13.5. The summed E-state index contributed by atoms with van der Waals surface area (Å²) in [6, 6.07) is 11.9. The Kier molecular flexibility index (Phi) is 3.81. The van der Waals surface area contributed by atoms with Crippen molar-refractivity contribution in [1.29, 1.82) is 0 Å². The third kappa shape index (κ3) is 3.05. The summed E-state index contributed by atoms with van der Waals surface area (Å²) in [5, 5.41) is 0. The van der Waals surface area contributed by atoms with Crippen LogP contribution in [0.15, 0.2) is 36.0 Å². The molecule has 64 valence electrons. The van der Waals surface area contributed by atoms with Gasteiger partial charge in [-0.25, -0.2) is 0 Å². The Hall–Kier alpha value is -0.823. The van der Waals surface area contributed by atoms with E-state index in [-0.39, 0.29) is 0 Å². The average molecular weight is 176 g/mol. The van der Waals surface area contributed by atoms with E-state index in [4.69, 9.17) is 0 Å². The van der Waals surface area contributed by atoms with Crippen LogP contribution in [0.5, 0.6) is 0 Å². The summed E-state index contributed by atoms with van der Waals surface area (Å²) in [4.78, 5) is 0. The van der Waals surface area contributed by atoms with Gasteiger partial charge < -0.3 is 0 Å². The van der Waals surface area contributed by atoms with E-state index < -0.39 is 8.80 Å². The fourth-order valence-electron chi connectivity index (χ4n) is 0.976. The molecular formula is C11H16Si. The number of hydrogen-bond donors (Lipinski definition) is 0.